The minimum atomic E-state index is -0.174. The fourth-order valence-corrected chi connectivity index (χ4v) is 5.46. The summed E-state index contributed by atoms with van der Waals surface area (Å²) < 4.78 is 20.3. The lowest BCUT2D eigenvalue weighted by molar-refractivity contribution is -0.130. The quantitative estimate of drug-likeness (QED) is 0.885. The number of ether oxygens (including phenoxy) is 1. The molecule has 1 saturated heterocycles. The van der Waals surface area contributed by atoms with Gasteiger partial charge in [-0.1, -0.05) is 28.8 Å². The Bertz CT molecular complexity index is 523. The number of benzene rings is 1. The highest BCUT2D eigenvalue weighted by molar-refractivity contribution is 9.10. The van der Waals surface area contributed by atoms with Crippen LogP contribution in [0.25, 0.3) is 0 Å². The second kappa shape index (κ2) is 5.32. The zero-order chi connectivity index (χ0) is 14.4. The van der Waals surface area contributed by atoms with Crippen molar-refractivity contribution < 1.29 is 9.13 Å². The molecule has 1 spiro atoms. The molecule has 3 fully saturated rings. The van der Waals surface area contributed by atoms with Crippen LogP contribution in [0.1, 0.15) is 37.7 Å². The summed E-state index contributed by atoms with van der Waals surface area (Å²) >= 11 is 3.37. The summed E-state index contributed by atoms with van der Waals surface area (Å²) in [6.45, 7) is 1.66. The molecule has 2 aliphatic carbocycles. The van der Waals surface area contributed by atoms with Gasteiger partial charge in [-0.05, 0) is 43.0 Å². The van der Waals surface area contributed by atoms with E-state index in [1.54, 1.807) is 6.07 Å². The topological polar surface area (TPSA) is 21.3 Å². The fraction of sp³-hybridized carbons (Fsp3) is 0.647. The van der Waals surface area contributed by atoms with Crippen molar-refractivity contribution >= 4 is 15.9 Å². The van der Waals surface area contributed by atoms with Crippen LogP contribution in [-0.4, -0.2) is 18.8 Å². The first-order chi connectivity index (χ1) is 10.2. The third-order valence-corrected chi connectivity index (χ3v) is 6.19. The number of fused-ring (bicyclic) bond motifs is 2. The van der Waals surface area contributed by atoms with Crippen molar-refractivity contribution in [2.45, 2.75) is 50.8 Å². The first-order valence-electron chi connectivity index (χ1n) is 7.99. The van der Waals surface area contributed by atoms with Gasteiger partial charge in [0.15, 0.2) is 0 Å². The van der Waals surface area contributed by atoms with Crippen molar-refractivity contribution in [3.8, 4) is 0 Å². The lowest BCUT2D eigenvalue weighted by Crippen LogP contribution is -2.67. The summed E-state index contributed by atoms with van der Waals surface area (Å²) in [6, 6.07) is 5.68. The van der Waals surface area contributed by atoms with Crippen molar-refractivity contribution in [2.75, 3.05) is 6.61 Å². The van der Waals surface area contributed by atoms with Crippen LogP contribution in [0.3, 0.4) is 0 Å². The monoisotopic (exact) mass is 353 g/mol. The zero-order valence-electron chi connectivity index (χ0n) is 12.1. The molecule has 1 aromatic rings. The molecule has 3 aliphatic rings. The molecule has 1 aliphatic heterocycles. The Balaban J connectivity index is 1.48. The molecule has 4 rings (SSSR count). The lowest BCUT2D eigenvalue weighted by atomic mass is 9.54. The Labute approximate surface area is 133 Å². The van der Waals surface area contributed by atoms with E-state index in [9.17, 15) is 4.39 Å². The van der Waals surface area contributed by atoms with Gasteiger partial charge in [0.1, 0.15) is 5.82 Å². The van der Waals surface area contributed by atoms with Gasteiger partial charge in [-0.3, -0.25) is 0 Å². The lowest BCUT2D eigenvalue weighted by Gasteiger charge is -2.57. The van der Waals surface area contributed by atoms with Crippen LogP contribution < -0.4 is 5.32 Å². The van der Waals surface area contributed by atoms with Gasteiger partial charge in [-0.25, -0.2) is 4.39 Å². The summed E-state index contributed by atoms with van der Waals surface area (Å²) in [6.07, 6.45) is 6.90. The van der Waals surface area contributed by atoms with Crippen molar-refractivity contribution in [1.29, 1.82) is 0 Å². The number of rotatable bonds is 3. The van der Waals surface area contributed by atoms with E-state index in [0.717, 1.165) is 23.2 Å². The second-order valence-corrected chi connectivity index (χ2v) is 7.74. The highest BCUT2D eigenvalue weighted by Gasteiger charge is 2.64. The maximum absolute atomic E-state index is 13.5. The Morgan fingerprint density at radius 3 is 2.86 bits per heavy atom. The van der Waals surface area contributed by atoms with Crippen LogP contribution in [-0.2, 0) is 11.3 Å². The zero-order valence-corrected chi connectivity index (χ0v) is 13.7. The number of halogens is 2. The predicted octanol–water partition coefficient (Wildman–Crippen LogP) is 4.03. The van der Waals surface area contributed by atoms with Gasteiger partial charge in [0.25, 0.3) is 0 Å². The smallest absolute Gasteiger partial charge is 0.124 e. The third kappa shape index (κ3) is 2.27. The standard InChI is InChI=1S/C17H21BrFNO/c18-12-7-11(8-13(19)9-12)10-20-15-14-3-6-21-16(14)17(15)4-1-2-5-17/h7-9,14-16,20H,1-6,10H2/t14-,15-,16+/m1/s1. The minimum Gasteiger partial charge on any atom is -0.377 e. The minimum absolute atomic E-state index is 0.174. The summed E-state index contributed by atoms with van der Waals surface area (Å²) in [4.78, 5) is 0. The van der Waals surface area contributed by atoms with E-state index in [4.69, 9.17) is 4.74 Å². The average Bonchev–Trinajstić information content (AvgIpc) is 3.04. The van der Waals surface area contributed by atoms with Gasteiger partial charge < -0.3 is 10.1 Å². The van der Waals surface area contributed by atoms with E-state index in [2.05, 4.69) is 21.2 Å². The third-order valence-electron chi connectivity index (χ3n) is 5.73. The van der Waals surface area contributed by atoms with Gasteiger partial charge in [-0.15, -0.1) is 0 Å². The van der Waals surface area contributed by atoms with Crippen molar-refractivity contribution in [1.82, 2.24) is 5.32 Å². The Morgan fingerprint density at radius 1 is 1.29 bits per heavy atom. The Morgan fingerprint density at radius 2 is 2.10 bits per heavy atom. The second-order valence-electron chi connectivity index (χ2n) is 6.82. The Kier molecular flexibility index (Phi) is 3.59. The highest BCUT2D eigenvalue weighted by atomic mass is 79.9. The van der Waals surface area contributed by atoms with Crippen LogP contribution >= 0.6 is 15.9 Å². The van der Waals surface area contributed by atoms with Gasteiger partial charge in [0.2, 0.25) is 0 Å². The number of nitrogens with one attached hydrogen (secondary N) is 1. The SMILES string of the molecule is Fc1cc(Br)cc(CN[C@@H]2[C@H]3CCO[C@@H]3C23CCCC3)c1. The van der Waals surface area contributed by atoms with Crippen LogP contribution in [0.2, 0.25) is 0 Å². The molecular weight excluding hydrogens is 333 g/mol. The molecule has 1 aromatic carbocycles. The highest BCUT2D eigenvalue weighted by Crippen LogP contribution is 2.60. The maximum Gasteiger partial charge on any atom is 0.124 e. The Hall–Kier alpha value is -0.450. The summed E-state index contributed by atoms with van der Waals surface area (Å²) in [5, 5.41) is 3.73. The average molecular weight is 354 g/mol. The van der Waals surface area contributed by atoms with Gasteiger partial charge in [0, 0.05) is 35.0 Å². The van der Waals surface area contributed by atoms with Crippen LogP contribution in [0, 0.1) is 17.2 Å². The molecule has 2 nitrogen and oxygen atoms in total. The van der Waals surface area contributed by atoms with Gasteiger partial charge in [-0.2, -0.15) is 0 Å². The van der Waals surface area contributed by atoms with Crippen LogP contribution in [0.15, 0.2) is 22.7 Å². The molecule has 21 heavy (non-hydrogen) atoms. The number of hydrogen-bond acceptors (Lipinski definition) is 2. The van der Waals surface area contributed by atoms with Crippen molar-refractivity contribution in [3.05, 3.63) is 34.1 Å². The molecule has 0 aromatic heterocycles. The summed E-state index contributed by atoms with van der Waals surface area (Å²) in [7, 11) is 0. The van der Waals surface area contributed by atoms with E-state index < -0.39 is 0 Å². The number of hydrogen-bond donors (Lipinski definition) is 1. The van der Waals surface area contributed by atoms with Crippen LogP contribution in [0.5, 0.6) is 0 Å². The molecule has 3 atom stereocenters. The molecular formula is C17H21BrFNO. The van der Waals surface area contributed by atoms with E-state index >= 15 is 0 Å². The predicted molar refractivity (Wildman–Crippen MR) is 83.5 cm³/mol. The van der Waals surface area contributed by atoms with E-state index in [1.165, 1.54) is 38.2 Å². The first-order valence-corrected chi connectivity index (χ1v) is 8.78. The normalized spacial score (nSPS) is 33.1. The fourth-order valence-electron chi connectivity index (χ4n) is 4.95. The molecule has 0 unspecified atom stereocenters. The van der Waals surface area contributed by atoms with Gasteiger partial charge >= 0.3 is 0 Å². The molecule has 2 saturated carbocycles. The first kappa shape index (κ1) is 14.2. The molecule has 4 heteroatoms. The van der Waals surface area contributed by atoms with E-state index in [1.807, 2.05) is 6.07 Å². The maximum atomic E-state index is 13.5. The van der Waals surface area contributed by atoms with Gasteiger partial charge in [0.05, 0.1) is 6.10 Å². The molecule has 0 radical (unpaired) electrons. The molecule has 1 N–H and O–H groups in total. The molecule has 0 amide bonds. The van der Waals surface area contributed by atoms with Crippen LogP contribution in [0.4, 0.5) is 4.39 Å². The molecule has 1 heterocycles. The summed E-state index contributed by atoms with van der Waals surface area (Å²) in [5.41, 5.74) is 1.38. The van der Waals surface area contributed by atoms with Crippen molar-refractivity contribution in [3.63, 3.8) is 0 Å². The summed E-state index contributed by atoms with van der Waals surface area (Å²) in [5.74, 6) is 0.493. The van der Waals surface area contributed by atoms with Crippen molar-refractivity contribution in [2.24, 2.45) is 11.3 Å². The molecule has 114 valence electrons. The molecule has 0 bridgehead atoms. The van der Waals surface area contributed by atoms with E-state index in [-0.39, 0.29) is 5.82 Å². The van der Waals surface area contributed by atoms with E-state index in [0.29, 0.717) is 23.5 Å². The largest absolute Gasteiger partial charge is 0.377 e.